The van der Waals surface area contributed by atoms with Crippen LogP contribution in [0.15, 0.2) is 36.5 Å². The maximum atomic E-state index is 12.2. The smallest absolute Gasteiger partial charge is 0.253 e. The monoisotopic (exact) mass is 305 g/mol. The number of aromatic nitrogens is 1. The van der Waals surface area contributed by atoms with E-state index in [2.05, 4.69) is 15.6 Å². The summed E-state index contributed by atoms with van der Waals surface area (Å²) >= 11 is 5.94. The second-order valence-corrected chi connectivity index (χ2v) is 4.77. The minimum absolute atomic E-state index is 0.197. The van der Waals surface area contributed by atoms with Crippen LogP contribution in [0.3, 0.4) is 0 Å². The van der Waals surface area contributed by atoms with Crippen molar-refractivity contribution in [3.63, 3.8) is 0 Å². The minimum atomic E-state index is -0.197. The van der Waals surface area contributed by atoms with Gasteiger partial charge in [-0.05, 0) is 23.8 Å². The number of anilines is 1. The number of pyridine rings is 1. The van der Waals surface area contributed by atoms with E-state index in [0.29, 0.717) is 23.0 Å². The quantitative estimate of drug-likeness (QED) is 0.891. The van der Waals surface area contributed by atoms with Crippen molar-refractivity contribution in [2.24, 2.45) is 0 Å². The topological polar surface area (TPSA) is 63.2 Å². The van der Waals surface area contributed by atoms with Crippen molar-refractivity contribution in [3.05, 3.63) is 52.7 Å². The predicted molar refractivity (Wildman–Crippen MR) is 83.0 cm³/mol. The van der Waals surface area contributed by atoms with Crippen LogP contribution in [0.25, 0.3) is 0 Å². The highest BCUT2D eigenvalue weighted by atomic mass is 35.5. The summed E-state index contributed by atoms with van der Waals surface area (Å²) in [5.74, 6) is 0.343. The Morgan fingerprint density at radius 1 is 1.33 bits per heavy atom. The average Bonchev–Trinajstić information content (AvgIpc) is 2.53. The third kappa shape index (κ3) is 3.86. The number of methoxy groups -OCH3 is 1. The molecule has 21 heavy (non-hydrogen) atoms. The lowest BCUT2D eigenvalue weighted by molar-refractivity contribution is 0.0951. The van der Waals surface area contributed by atoms with Crippen molar-refractivity contribution < 1.29 is 9.53 Å². The molecule has 1 amide bonds. The first-order valence-electron chi connectivity index (χ1n) is 6.38. The van der Waals surface area contributed by atoms with Crippen molar-refractivity contribution >= 4 is 23.2 Å². The molecular formula is C15H16ClN3O2. The summed E-state index contributed by atoms with van der Waals surface area (Å²) in [5, 5.41) is 6.32. The number of carbonyl (C=O) groups excluding carboxylic acids is 1. The van der Waals surface area contributed by atoms with E-state index in [9.17, 15) is 4.79 Å². The predicted octanol–water partition coefficient (Wildman–Crippen LogP) is 2.72. The molecule has 0 bridgehead atoms. The van der Waals surface area contributed by atoms with E-state index in [1.807, 2.05) is 6.07 Å². The van der Waals surface area contributed by atoms with Crippen molar-refractivity contribution in [2.45, 2.75) is 6.54 Å². The molecule has 2 N–H and O–H groups in total. The molecule has 0 fully saturated rings. The lowest BCUT2D eigenvalue weighted by Crippen LogP contribution is -2.23. The number of benzene rings is 1. The molecule has 0 saturated heterocycles. The summed E-state index contributed by atoms with van der Waals surface area (Å²) in [7, 11) is 3.32. The fourth-order valence-corrected chi connectivity index (χ4v) is 2.01. The molecule has 2 rings (SSSR count). The first-order valence-corrected chi connectivity index (χ1v) is 6.76. The van der Waals surface area contributed by atoms with E-state index in [1.165, 1.54) is 0 Å². The van der Waals surface area contributed by atoms with Crippen molar-refractivity contribution in [3.8, 4) is 5.88 Å². The second-order valence-electron chi connectivity index (χ2n) is 4.33. The lowest BCUT2D eigenvalue weighted by atomic mass is 10.1. The number of hydrogen-bond acceptors (Lipinski definition) is 4. The Balaban J connectivity index is 2.05. The minimum Gasteiger partial charge on any atom is -0.481 e. The van der Waals surface area contributed by atoms with Gasteiger partial charge < -0.3 is 15.4 Å². The Bertz CT molecular complexity index is 629. The van der Waals surface area contributed by atoms with Gasteiger partial charge in [-0.25, -0.2) is 4.98 Å². The van der Waals surface area contributed by atoms with Crippen molar-refractivity contribution in [2.75, 3.05) is 19.5 Å². The van der Waals surface area contributed by atoms with E-state index < -0.39 is 0 Å². The van der Waals surface area contributed by atoms with Gasteiger partial charge in [0.05, 0.1) is 12.7 Å². The Morgan fingerprint density at radius 2 is 2.14 bits per heavy atom. The average molecular weight is 306 g/mol. The maximum absolute atomic E-state index is 12.2. The van der Waals surface area contributed by atoms with E-state index in [0.717, 1.165) is 11.3 Å². The molecule has 0 aliphatic rings. The van der Waals surface area contributed by atoms with Gasteiger partial charge in [-0.2, -0.15) is 0 Å². The second kappa shape index (κ2) is 6.95. The van der Waals surface area contributed by atoms with Crippen LogP contribution in [-0.2, 0) is 6.54 Å². The number of nitrogens with one attached hydrogen (secondary N) is 2. The van der Waals surface area contributed by atoms with Gasteiger partial charge >= 0.3 is 0 Å². The molecule has 1 heterocycles. The summed E-state index contributed by atoms with van der Waals surface area (Å²) in [6.45, 7) is 0.380. The van der Waals surface area contributed by atoms with Crippen LogP contribution in [0, 0.1) is 0 Å². The van der Waals surface area contributed by atoms with Gasteiger partial charge in [0.2, 0.25) is 5.88 Å². The first kappa shape index (κ1) is 15.1. The molecule has 2 aromatic rings. The molecule has 1 aromatic carbocycles. The zero-order valence-corrected chi connectivity index (χ0v) is 12.6. The third-order valence-electron chi connectivity index (χ3n) is 2.96. The zero-order valence-electron chi connectivity index (χ0n) is 11.8. The highest BCUT2D eigenvalue weighted by molar-refractivity contribution is 6.31. The lowest BCUT2D eigenvalue weighted by Gasteiger charge is -2.10. The molecule has 0 radical (unpaired) electrons. The van der Waals surface area contributed by atoms with Crippen LogP contribution < -0.4 is 15.4 Å². The fraction of sp³-hybridized carbons (Fsp3) is 0.200. The van der Waals surface area contributed by atoms with Gasteiger partial charge in [-0.3, -0.25) is 4.79 Å². The molecule has 5 nitrogen and oxygen atoms in total. The number of carbonyl (C=O) groups is 1. The molecule has 0 aliphatic carbocycles. The molecule has 110 valence electrons. The van der Waals surface area contributed by atoms with Gasteiger partial charge in [0.25, 0.3) is 5.91 Å². The number of nitrogens with zero attached hydrogens (tertiary/aromatic N) is 1. The first-order chi connectivity index (χ1) is 10.1. The van der Waals surface area contributed by atoms with Crippen LogP contribution in [-0.4, -0.2) is 25.0 Å². The summed E-state index contributed by atoms with van der Waals surface area (Å²) in [6.07, 6.45) is 1.66. The van der Waals surface area contributed by atoms with Gasteiger partial charge in [0, 0.05) is 36.6 Å². The number of hydrogen-bond donors (Lipinski definition) is 2. The largest absolute Gasteiger partial charge is 0.481 e. The number of halogens is 1. The van der Waals surface area contributed by atoms with E-state index in [1.54, 1.807) is 44.6 Å². The van der Waals surface area contributed by atoms with Gasteiger partial charge in [0.15, 0.2) is 0 Å². The Labute approximate surface area is 128 Å². The van der Waals surface area contributed by atoms with E-state index in [-0.39, 0.29) is 5.91 Å². The third-order valence-corrected chi connectivity index (χ3v) is 3.19. The van der Waals surface area contributed by atoms with E-state index in [4.69, 9.17) is 16.3 Å². The number of ether oxygens (including phenoxy) is 1. The Kier molecular flexibility index (Phi) is 5.00. The summed E-state index contributed by atoms with van der Waals surface area (Å²) in [5.41, 5.74) is 2.12. The molecule has 0 saturated carbocycles. The summed E-state index contributed by atoms with van der Waals surface area (Å²) in [6, 6.07) is 8.74. The van der Waals surface area contributed by atoms with Gasteiger partial charge in [-0.1, -0.05) is 17.7 Å². The Hall–Kier alpha value is -2.27. The van der Waals surface area contributed by atoms with Crippen LogP contribution in [0.1, 0.15) is 15.9 Å². The van der Waals surface area contributed by atoms with Crippen molar-refractivity contribution in [1.29, 1.82) is 0 Å². The highest BCUT2D eigenvalue weighted by Gasteiger charge is 2.11. The number of amides is 1. The SMILES string of the molecule is CNc1ccc(Cl)cc1C(=O)NCc1ccc(OC)nc1. The summed E-state index contributed by atoms with van der Waals surface area (Å²) < 4.78 is 4.99. The van der Waals surface area contributed by atoms with Crippen LogP contribution in [0.2, 0.25) is 5.02 Å². The fourth-order valence-electron chi connectivity index (χ4n) is 1.84. The summed E-state index contributed by atoms with van der Waals surface area (Å²) in [4.78, 5) is 16.3. The Morgan fingerprint density at radius 3 is 2.76 bits per heavy atom. The molecule has 1 aromatic heterocycles. The number of rotatable bonds is 5. The maximum Gasteiger partial charge on any atom is 0.253 e. The van der Waals surface area contributed by atoms with Crippen LogP contribution in [0.4, 0.5) is 5.69 Å². The zero-order chi connectivity index (χ0) is 15.2. The van der Waals surface area contributed by atoms with E-state index >= 15 is 0 Å². The highest BCUT2D eigenvalue weighted by Crippen LogP contribution is 2.20. The van der Waals surface area contributed by atoms with Crippen LogP contribution in [0.5, 0.6) is 5.88 Å². The molecule has 0 atom stereocenters. The molecule has 0 unspecified atom stereocenters. The van der Waals surface area contributed by atoms with Gasteiger partial charge in [0.1, 0.15) is 0 Å². The van der Waals surface area contributed by atoms with Crippen molar-refractivity contribution in [1.82, 2.24) is 10.3 Å². The standard InChI is InChI=1S/C15H16ClN3O2/c1-17-13-5-4-11(16)7-12(13)15(20)19-9-10-3-6-14(21-2)18-8-10/h3-8,17H,9H2,1-2H3,(H,19,20). The van der Waals surface area contributed by atoms with Gasteiger partial charge in [-0.15, -0.1) is 0 Å². The molecule has 0 spiro atoms. The molecular weight excluding hydrogens is 290 g/mol. The normalized spacial score (nSPS) is 10.0. The molecule has 6 heteroatoms. The van der Waals surface area contributed by atoms with Crippen LogP contribution >= 0.6 is 11.6 Å². The molecule has 0 aliphatic heterocycles.